The normalized spacial score (nSPS) is 17.7. The molecule has 0 bridgehead atoms. The minimum Gasteiger partial charge on any atom is -0.378 e. The van der Waals surface area contributed by atoms with Gasteiger partial charge in [0.05, 0.1) is 0 Å². The summed E-state index contributed by atoms with van der Waals surface area (Å²) in [5.41, 5.74) is 0.645. The Morgan fingerprint density at radius 2 is 2.00 bits per heavy atom. The van der Waals surface area contributed by atoms with Crippen molar-refractivity contribution in [1.29, 1.82) is 0 Å². The van der Waals surface area contributed by atoms with Gasteiger partial charge < -0.3 is 15.3 Å². The molecule has 5 nitrogen and oxygen atoms in total. The number of aliphatic hydroxyl groups excluding tert-OH is 1. The first-order valence-corrected chi connectivity index (χ1v) is 7.09. The highest BCUT2D eigenvalue weighted by molar-refractivity contribution is 5.81. The van der Waals surface area contributed by atoms with E-state index < -0.39 is 6.10 Å². The van der Waals surface area contributed by atoms with Crippen molar-refractivity contribution >= 4 is 5.91 Å². The summed E-state index contributed by atoms with van der Waals surface area (Å²) in [5, 5.41) is 13.4. The molecule has 1 aliphatic rings. The average molecular weight is 277 g/mol. The number of piperazine rings is 1. The molecule has 1 heterocycles. The lowest BCUT2D eigenvalue weighted by atomic mass is 10.1. The lowest BCUT2D eigenvalue weighted by molar-refractivity contribution is -0.139. The van der Waals surface area contributed by atoms with Crippen LogP contribution in [0.5, 0.6) is 0 Å². The van der Waals surface area contributed by atoms with E-state index in [2.05, 4.69) is 10.2 Å². The minimum absolute atomic E-state index is 0.244. The van der Waals surface area contributed by atoms with Crippen LogP contribution in [0.4, 0.5) is 0 Å². The maximum atomic E-state index is 12.2. The number of carbonyl (C=O) groups is 1. The van der Waals surface area contributed by atoms with Crippen LogP contribution in [0.15, 0.2) is 30.3 Å². The quantitative estimate of drug-likeness (QED) is 0.800. The second-order valence-corrected chi connectivity index (χ2v) is 5.16. The molecular weight excluding hydrogens is 254 g/mol. The molecule has 110 valence electrons. The predicted molar refractivity (Wildman–Crippen MR) is 78.3 cm³/mol. The highest BCUT2D eigenvalue weighted by Gasteiger charge is 2.21. The van der Waals surface area contributed by atoms with Crippen LogP contribution in [0.2, 0.25) is 0 Å². The van der Waals surface area contributed by atoms with E-state index in [1.54, 1.807) is 24.1 Å². The van der Waals surface area contributed by atoms with Crippen LogP contribution < -0.4 is 5.32 Å². The van der Waals surface area contributed by atoms with Crippen LogP contribution in [-0.4, -0.2) is 67.1 Å². The number of amides is 1. The topological polar surface area (TPSA) is 55.8 Å². The van der Waals surface area contributed by atoms with Gasteiger partial charge in [0, 0.05) is 46.3 Å². The molecule has 1 aliphatic heterocycles. The second kappa shape index (κ2) is 7.38. The molecule has 0 spiro atoms. The van der Waals surface area contributed by atoms with Gasteiger partial charge in [0.15, 0.2) is 6.10 Å². The average Bonchev–Trinajstić information content (AvgIpc) is 2.53. The Kier molecular flexibility index (Phi) is 5.52. The van der Waals surface area contributed by atoms with E-state index in [-0.39, 0.29) is 5.91 Å². The first-order valence-electron chi connectivity index (χ1n) is 7.09. The van der Waals surface area contributed by atoms with Gasteiger partial charge in [-0.2, -0.15) is 0 Å². The summed E-state index contributed by atoms with van der Waals surface area (Å²) in [4.78, 5) is 16.1. The van der Waals surface area contributed by atoms with Crippen molar-refractivity contribution in [3.8, 4) is 0 Å². The lowest BCUT2D eigenvalue weighted by Gasteiger charge is -2.29. The molecule has 2 N–H and O–H groups in total. The molecule has 2 rings (SSSR count). The third kappa shape index (κ3) is 4.03. The molecule has 1 amide bonds. The molecule has 1 atom stereocenters. The van der Waals surface area contributed by atoms with Gasteiger partial charge in [-0.3, -0.25) is 9.69 Å². The number of hydrogen-bond donors (Lipinski definition) is 2. The van der Waals surface area contributed by atoms with Gasteiger partial charge in [0.25, 0.3) is 5.91 Å². The number of hydrogen-bond acceptors (Lipinski definition) is 4. The Morgan fingerprint density at radius 3 is 2.65 bits per heavy atom. The van der Waals surface area contributed by atoms with Crippen LogP contribution >= 0.6 is 0 Å². The maximum absolute atomic E-state index is 12.2. The third-order valence-corrected chi connectivity index (χ3v) is 3.69. The SMILES string of the molecule is CN(CCN1CCNCC1)C(=O)C(O)c1ccccc1. The predicted octanol–water partition coefficient (Wildman–Crippen LogP) is 0.0836. The molecule has 0 aromatic heterocycles. The van der Waals surface area contributed by atoms with E-state index >= 15 is 0 Å². The highest BCUT2D eigenvalue weighted by Crippen LogP contribution is 2.14. The van der Waals surface area contributed by atoms with Crippen molar-refractivity contribution in [2.45, 2.75) is 6.10 Å². The fourth-order valence-corrected chi connectivity index (χ4v) is 2.32. The summed E-state index contributed by atoms with van der Waals surface area (Å²) in [6, 6.07) is 9.06. The van der Waals surface area contributed by atoms with Crippen LogP contribution in [0, 0.1) is 0 Å². The Morgan fingerprint density at radius 1 is 1.35 bits per heavy atom. The van der Waals surface area contributed by atoms with Gasteiger partial charge in [-0.15, -0.1) is 0 Å². The summed E-state index contributed by atoms with van der Waals surface area (Å²) < 4.78 is 0. The smallest absolute Gasteiger partial charge is 0.255 e. The Labute approximate surface area is 120 Å². The Balaban J connectivity index is 1.82. The van der Waals surface area contributed by atoms with Crippen molar-refractivity contribution in [2.75, 3.05) is 46.3 Å². The largest absolute Gasteiger partial charge is 0.378 e. The Bertz CT molecular complexity index is 418. The minimum atomic E-state index is -1.07. The summed E-state index contributed by atoms with van der Waals surface area (Å²) in [5.74, 6) is -0.244. The van der Waals surface area contributed by atoms with Gasteiger partial charge in [0.1, 0.15) is 0 Å². The number of likely N-dealkylation sites (N-methyl/N-ethyl adjacent to an activating group) is 1. The molecule has 5 heteroatoms. The van der Waals surface area contributed by atoms with Crippen molar-refractivity contribution < 1.29 is 9.90 Å². The van der Waals surface area contributed by atoms with E-state index in [0.29, 0.717) is 12.1 Å². The molecule has 1 aromatic carbocycles. The monoisotopic (exact) mass is 277 g/mol. The molecule has 0 saturated carbocycles. The number of rotatable bonds is 5. The van der Waals surface area contributed by atoms with Crippen molar-refractivity contribution in [3.05, 3.63) is 35.9 Å². The van der Waals surface area contributed by atoms with E-state index in [1.165, 1.54) is 0 Å². The van der Waals surface area contributed by atoms with Gasteiger partial charge in [-0.1, -0.05) is 30.3 Å². The van der Waals surface area contributed by atoms with Gasteiger partial charge in [-0.25, -0.2) is 0 Å². The number of carbonyl (C=O) groups excluding carboxylic acids is 1. The van der Waals surface area contributed by atoms with Crippen molar-refractivity contribution in [2.24, 2.45) is 0 Å². The zero-order valence-electron chi connectivity index (χ0n) is 12.0. The van der Waals surface area contributed by atoms with Crippen LogP contribution in [0.25, 0.3) is 0 Å². The number of nitrogens with zero attached hydrogens (tertiary/aromatic N) is 2. The number of aliphatic hydroxyl groups is 1. The van der Waals surface area contributed by atoms with Gasteiger partial charge in [-0.05, 0) is 5.56 Å². The van der Waals surface area contributed by atoms with E-state index in [0.717, 1.165) is 32.7 Å². The maximum Gasteiger partial charge on any atom is 0.255 e. The molecule has 0 radical (unpaired) electrons. The summed E-state index contributed by atoms with van der Waals surface area (Å²) in [7, 11) is 1.75. The fraction of sp³-hybridized carbons (Fsp3) is 0.533. The first kappa shape index (κ1) is 15.0. The van der Waals surface area contributed by atoms with Gasteiger partial charge >= 0.3 is 0 Å². The van der Waals surface area contributed by atoms with Crippen molar-refractivity contribution in [1.82, 2.24) is 15.1 Å². The zero-order valence-corrected chi connectivity index (χ0v) is 12.0. The fourth-order valence-electron chi connectivity index (χ4n) is 2.32. The summed E-state index contributed by atoms with van der Waals surface area (Å²) >= 11 is 0. The van der Waals surface area contributed by atoms with E-state index in [4.69, 9.17) is 0 Å². The molecule has 1 saturated heterocycles. The molecule has 0 aliphatic carbocycles. The summed E-state index contributed by atoms with van der Waals surface area (Å²) in [6.07, 6.45) is -1.07. The lowest BCUT2D eigenvalue weighted by Crippen LogP contribution is -2.46. The molecule has 20 heavy (non-hydrogen) atoms. The first-order chi connectivity index (χ1) is 9.68. The molecule has 1 unspecified atom stereocenters. The highest BCUT2D eigenvalue weighted by atomic mass is 16.3. The zero-order chi connectivity index (χ0) is 14.4. The molecular formula is C15H23N3O2. The Hall–Kier alpha value is -1.43. The van der Waals surface area contributed by atoms with Crippen molar-refractivity contribution in [3.63, 3.8) is 0 Å². The summed E-state index contributed by atoms with van der Waals surface area (Å²) in [6.45, 7) is 5.54. The standard InChI is InChI=1S/C15H23N3O2/c1-17(11-12-18-9-7-16-8-10-18)15(20)14(19)13-5-3-2-4-6-13/h2-6,14,16,19H,7-12H2,1H3. The number of benzene rings is 1. The van der Waals surface area contributed by atoms with Crippen LogP contribution in [0.3, 0.4) is 0 Å². The van der Waals surface area contributed by atoms with Crippen LogP contribution in [-0.2, 0) is 4.79 Å². The van der Waals surface area contributed by atoms with E-state index in [9.17, 15) is 9.90 Å². The number of nitrogens with one attached hydrogen (secondary N) is 1. The van der Waals surface area contributed by atoms with Crippen LogP contribution in [0.1, 0.15) is 11.7 Å². The molecule has 1 aromatic rings. The molecule has 1 fully saturated rings. The third-order valence-electron chi connectivity index (χ3n) is 3.69. The van der Waals surface area contributed by atoms with E-state index in [1.807, 2.05) is 18.2 Å². The second-order valence-electron chi connectivity index (χ2n) is 5.16. The van der Waals surface area contributed by atoms with Gasteiger partial charge in [0.2, 0.25) is 0 Å².